The zero-order chi connectivity index (χ0) is 22.4. The second-order valence-electron chi connectivity index (χ2n) is 7.83. The molecule has 0 aromatic heterocycles. The molecule has 1 amide bonds. The summed E-state index contributed by atoms with van der Waals surface area (Å²) in [6.07, 6.45) is 5.56. The predicted octanol–water partition coefficient (Wildman–Crippen LogP) is 4.64. The lowest BCUT2D eigenvalue weighted by Crippen LogP contribution is -2.32. The summed E-state index contributed by atoms with van der Waals surface area (Å²) in [5.74, 6) is 0.204. The van der Waals surface area contributed by atoms with E-state index in [0.717, 1.165) is 36.8 Å². The van der Waals surface area contributed by atoms with E-state index >= 15 is 0 Å². The number of nitrogens with zero attached hydrogens (tertiary/aromatic N) is 1. The molecule has 0 atom stereocenters. The van der Waals surface area contributed by atoms with Crippen LogP contribution in [0.1, 0.15) is 61.0 Å². The molecule has 1 N–H and O–H groups in total. The summed E-state index contributed by atoms with van der Waals surface area (Å²) in [6, 6.07) is 10.3. The van der Waals surface area contributed by atoms with E-state index in [1.807, 2.05) is 32.0 Å². The minimum Gasteiger partial charge on any atom is -0.496 e. The molecule has 7 heteroatoms. The van der Waals surface area contributed by atoms with E-state index in [9.17, 15) is 13.2 Å². The van der Waals surface area contributed by atoms with Gasteiger partial charge in [0.2, 0.25) is 0 Å². The van der Waals surface area contributed by atoms with Crippen molar-refractivity contribution < 1.29 is 17.9 Å². The number of aryl methyl sites for hydroxylation is 2. The van der Waals surface area contributed by atoms with E-state index < -0.39 is 10.0 Å². The molecule has 1 heterocycles. The molecule has 1 aliphatic heterocycles. The maximum Gasteiger partial charge on any atom is 0.261 e. The highest BCUT2D eigenvalue weighted by atomic mass is 32.2. The van der Waals surface area contributed by atoms with Crippen LogP contribution in [0, 0.1) is 0 Å². The molecule has 3 rings (SSSR count). The summed E-state index contributed by atoms with van der Waals surface area (Å²) >= 11 is 0. The third kappa shape index (κ3) is 5.21. The zero-order valence-electron chi connectivity index (χ0n) is 18.6. The number of carbonyl (C=O) groups excluding carboxylic acids is 1. The van der Waals surface area contributed by atoms with Crippen LogP contribution < -0.4 is 9.46 Å². The largest absolute Gasteiger partial charge is 0.496 e. The number of amides is 1. The van der Waals surface area contributed by atoms with Crippen LogP contribution in [-0.4, -0.2) is 39.4 Å². The van der Waals surface area contributed by atoms with E-state index in [2.05, 4.69) is 4.72 Å². The molecule has 6 nitrogen and oxygen atoms in total. The second kappa shape index (κ2) is 10.2. The lowest BCUT2D eigenvalue weighted by molar-refractivity contribution is 0.0758. The quantitative estimate of drug-likeness (QED) is 0.675. The lowest BCUT2D eigenvalue weighted by atomic mass is 10.0. The van der Waals surface area contributed by atoms with Crippen molar-refractivity contribution in [3.05, 3.63) is 53.1 Å². The SMILES string of the molecule is CCc1cccc(CC)c1NS(=O)(=O)c1ccc(OC)c(C(=O)N2CCCCCC2)c1. The van der Waals surface area contributed by atoms with Gasteiger partial charge in [0, 0.05) is 13.1 Å². The number of benzene rings is 2. The Kier molecular flexibility index (Phi) is 7.59. The van der Waals surface area contributed by atoms with Gasteiger partial charge in [-0.05, 0) is 55.0 Å². The van der Waals surface area contributed by atoms with E-state index in [4.69, 9.17) is 4.74 Å². The zero-order valence-corrected chi connectivity index (χ0v) is 19.4. The molecule has 2 aromatic rings. The average Bonchev–Trinajstić information content (AvgIpc) is 3.07. The summed E-state index contributed by atoms with van der Waals surface area (Å²) in [5, 5.41) is 0. The summed E-state index contributed by atoms with van der Waals surface area (Å²) < 4.78 is 34.7. The van der Waals surface area contributed by atoms with E-state index in [-0.39, 0.29) is 16.4 Å². The van der Waals surface area contributed by atoms with Gasteiger partial charge in [-0.25, -0.2) is 8.42 Å². The number of hydrogen-bond acceptors (Lipinski definition) is 4. The molecule has 2 aromatic carbocycles. The number of rotatable bonds is 7. The Labute approximate surface area is 185 Å². The minimum absolute atomic E-state index is 0.0550. The Morgan fingerprint density at radius 2 is 1.61 bits per heavy atom. The van der Waals surface area contributed by atoms with E-state index in [0.29, 0.717) is 37.4 Å². The monoisotopic (exact) mass is 444 g/mol. The molecule has 168 valence electrons. The fraction of sp³-hybridized carbons (Fsp3) is 0.458. The highest BCUT2D eigenvalue weighted by molar-refractivity contribution is 7.92. The van der Waals surface area contributed by atoms with Crippen molar-refractivity contribution in [2.75, 3.05) is 24.9 Å². The van der Waals surface area contributed by atoms with Crippen molar-refractivity contribution in [1.82, 2.24) is 4.90 Å². The molecule has 0 saturated carbocycles. The maximum atomic E-state index is 13.3. The molecular weight excluding hydrogens is 412 g/mol. The molecule has 0 aliphatic carbocycles. The maximum absolute atomic E-state index is 13.3. The fourth-order valence-corrected chi connectivity index (χ4v) is 5.20. The van der Waals surface area contributed by atoms with Crippen LogP contribution in [-0.2, 0) is 22.9 Å². The number of carbonyl (C=O) groups is 1. The predicted molar refractivity (Wildman–Crippen MR) is 123 cm³/mol. The standard InChI is InChI=1S/C24H32N2O4S/c1-4-18-11-10-12-19(5-2)23(18)25-31(28,29)20-13-14-22(30-3)21(17-20)24(27)26-15-8-6-7-9-16-26/h10-14,17,25H,4-9,15-16H2,1-3H3. The van der Waals surface area contributed by atoms with Gasteiger partial charge in [0.25, 0.3) is 15.9 Å². The number of para-hydroxylation sites is 1. The molecule has 0 unspecified atom stereocenters. The van der Waals surface area contributed by atoms with Crippen molar-refractivity contribution in [3.8, 4) is 5.75 Å². The third-order valence-corrected chi connectivity index (χ3v) is 7.19. The number of anilines is 1. The van der Waals surface area contributed by atoms with Gasteiger partial charge in [0.05, 0.1) is 23.3 Å². The van der Waals surface area contributed by atoms with Crippen LogP contribution in [0.2, 0.25) is 0 Å². The van der Waals surface area contributed by atoms with Gasteiger partial charge in [-0.15, -0.1) is 0 Å². The molecule has 0 radical (unpaired) electrons. The Balaban J connectivity index is 1.97. The molecule has 1 saturated heterocycles. The van der Waals surface area contributed by atoms with Crippen molar-refractivity contribution in [3.63, 3.8) is 0 Å². The Morgan fingerprint density at radius 3 is 2.16 bits per heavy atom. The van der Waals surface area contributed by atoms with Crippen LogP contribution in [0.4, 0.5) is 5.69 Å². The van der Waals surface area contributed by atoms with Crippen molar-refractivity contribution in [1.29, 1.82) is 0 Å². The van der Waals surface area contributed by atoms with Crippen LogP contribution >= 0.6 is 0 Å². The summed E-state index contributed by atoms with van der Waals surface area (Å²) in [4.78, 5) is 15.1. The van der Waals surface area contributed by atoms with Crippen molar-refractivity contribution in [2.24, 2.45) is 0 Å². The summed E-state index contributed by atoms with van der Waals surface area (Å²) in [5.41, 5.74) is 2.80. The second-order valence-corrected chi connectivity index (χ2v) is 9.51. The van der Waals surface area contributed by atoms with Crippen molar-refractivity contribution >= 4 is 21.6 Å². The number of ether oxygens (including phenoxy) is 1. The first-order valence-electron chi connectivity index (χ1n) is 11.0. The summed E-state index contributed by atoms with van der Waals surface area (Å²) in [6.45, 7) is 5.36. The van der Waals surface area contributed by atoms with Gasteiger partial charge >= 0.3 is 0 Å². The number of hydrogen-bond donors (Lipinski definition) is 1. The third-order valence-electron chi connectivity index (χ3n) is 5.84. The average molecular weight is 445 g/mol. The molecule has 0 bridgehead atoms. The molecular formula is C24H32N2O4S. The molecule has 1 fully saturated rings. The van der Waals surface area contributed by atoms with Gasteiger partial charge in [0.15, 0.2) is 0 Å². The smallest absolute Gasteiger partial charge is 0.261 e. The highest BCUT2D eigenvalue weighted by Gasteiger charge is 2.25. The Morgan fingerprint density at radius 1 is 1.00 bits per heavy atom. The van der Waals surface area contributed by atoms with E-state index in [1.165, 1.54) is 19.2 Å². The molecule has 0 spiro atoms. The summed E-state index contributed by atoms with van der Waals surface area (Å²) in [7, 11) is -2.38. The van der Waals surface area contributed by atoms with Gasteiger partial charge in [-0.2, -0.15) is 0 Å². The minimum atomic E-state index is -3.87. The first kappa shape index (κ1) is 23.1. The van der Waals surface area contributed by atoms with Gasteiger partial charge in [-0.3, -0.25) is 9.52 Å². The van der Waals surface area contributed by atoms with Gasteiger partial charge < -0.3 is 9.64 Å². The highest BCUT2D eigenvalue weighted by Crippen LogP contribution is 2.29. The van der Waals surface area contributed by atoms with Gasteiger partial charge in [-0.1, -0.05) is 44.9 Å². The van der Waals surface area contributed by atoms with Crippen LogP contribution in [0.15, 0.2) is 41.3 Å². The molecule has 31 heavy (non-hydrogen) atoms. The van der Waals surface area contributed by atoms with Crippen LogP contribution in [0.5, 0.6) is 5.75 Å². The van der Waals surface area contributed by atoms with Crippen LogP contribution in [0.25, 0.3) is 0 Å². The Hall–Kier alpha value is -2.54. The van der Waals surface area contributed by atoms with Gasteiger partial charge in [0.1, 0.15) is 5.75 Å². The number of sulfonamides is 1. The normalized spacial score (nSPS) is 14.7. The first-order chi connectivity index (χ1) is 14.9. The van der Waals surface area contributed by atoms with Crippen LogP contribution in [0.3, 0.4) is 0 Å². The van der Waals surface area contributed by atoms with E-state index in [1.54, 1.807) is 11.0 Å². The fourth-order valence-electron chi connectivity index (χ4n) is 4.03. The Bertz CT molecular complexity index is 1000. The first-order valence-corrected chi connectivity index (χ1v) is 12.5. The molecule has 1 aliphatic rings. The van der Waals surface area contributed by atoms with Crippen molar-refractivity contribution in [2.45, 2.75) is 57.3 Å². The number of nitrogens with one attached hydrogen (secondary N) is 1. The lowest BCUT2D eigenvalue weighted by Gasteiger charge is -2.22. The topological polar surface area (TPSA) is 75.7 Å². The number of methoxy groups -OCH3 is 1. The number of likely N-dealkylation sites (tertiary alicyclic amines) is 1.